The normalized spacial score (nSPS) is 14.1. The standard InChI is InChI=1S/C19H19NO3/c1-14-5-2-3-6-17(14)23-19(22)13-15-8-10-16(11-9-15)20-12-4-7-18(20)21/h2-3,5-6,8-11H,4,7,12-13H2,1H3. The van der Waals surface area contributed by atoms with Gasteiger partial charge in [-0.1, -0.05) is 30.3 Å². The van der Waals surface area contributed by atoms with E-state index in [1.54, 1.807) is 11.0 Å². The van der Waals surface area contributed by atoms with E-state index in [-0.39, 0.29) is 18.3 Å². The molecule has 0 radical (unpaired) electrons. The highest BCUT2D eigenvalue weighted by atomic mass is 16.5. The Bertz CT molecular complexity index is 722. The molecule has 2 aromatic carbocycles. The van der Waals surface area contributed by atoms with E-state index in [1.807, 2.05) is 49.4 Å². The molecule has 0 saturated carbocycles. The number of hydrogen-bond donors (Lipinski definition) is 0. The number of esters is 1. The molecule has 4 nitrogen and oxygen atoms in total. The van der Waals surface area contributed by atoms with E-state index in [0.29, 0.717) is 12.2 Å². The number of nitrogens with zero attached hydrogens (tertiary/aromatic N) is 1. The highest BCUT2D eigenvalue weighted by molar-refractivity contribution is 5.95. The van der Waals surface area contributed by atoms with Crippen molar-refractivity contribution in [2.45, 2.75) is 26.2 Å². The first-order valence-electron chi connectivity index (χ1n) is 7.79. The quantitative estimate of drug-likeness (QED) is 0.643. The molecule has 0 spiro atoms. The van der Waals surface area contributed by atoms with Gasteiger partial charge in [0.25, 0.3) is 0 Å². The third-order valence-electron chi connectivity index (χ3n) is 3.99. The molecule has 3 rings (SSSR count). The Balaban J connectivity index is 1.63. The smallest absolute Gasteiger partial charge is 0.315 e. The highest BCUT2D eigenvalue weighted by Crippen LogP contribution is 2.22. The topological polar surface area (TPSA) is 46.6 Å². The first kappa shape index (κ1) is 15.3. The van der Waals surface area contributed by atoms with Crippen LogP contribution in [0.2, 0.25) is 0 Å². The fraction of sp³-hybridized carbons (Fsp3) is 0.263. The Kier molecular flexibility index (Phi) is 4.42. The third-order valence-corrected chi connectivity index (χ3v) is 3.99. The maximum Gasteiger partial charge on any atom is 0.315 e. The predicted molar refractivity (Wildman–Crippen MR) is 88.5 cm³/mol. The molecular weight excluding hydrogens is 290 g/mol. The van der Waals surface area contributed by atoms with Crippen molar-refractivity contribution in [3.05, 3.63) is 59.7 Å². The lowest BCUT2D eigenvalue weighted by Crippen LogP contribution is -2.23. The molecule has 0 aromatic heterocycles. The number of aryl methyl sites for hydroxylation is 1. The van der Waals surface area contributed by atoms with Gasteiger partial charge in [0.05, 0.1) is 6.42 Å². The Labute approximate surface area is 135 Å². The van der Waals surface area contributed by atoms with Gasteiger partial charge in [-0.15, -0.1) is 0 Å². The number of carbonyl (C=O) groups excluding carboxylic acids is 2. The van der Waals surface area contributed by atoms with Gasteiger partial charge in [-0.3, -0.25) is 9.59 Å². The monoisotopic (exact) mass is 309 g/mol. The van der Waals surface area contributed by atoms with Crippen LogP contribution in [0.3, 0.4) is 0 Å². The molecule has 1 amide bonds. The number of carbonyl (C=O) groups is 2. The number of benzene rings is 2. The van der Waals surface area contributed by atoms with Crippen LogP contribution in [0.25, 0.3) is 0 Å². The minimum atomic E-state index is -0.288. The average Bonchev–Trinajstić information content (AvgIpc) is 2.96. The summed E-state index contributed by atoms with van der Waals surface area (Å²) in [5, 5.41) is 0. The second-order valence-corrected chi connectivity index (χ2v) is 5.73. The van der Waals surface area contributed by atoms with Crippen LogP contribution in [0.1, 0.15) is 24.0 Å². The first-order valence-corrected chi connectivity index (χ1v) is 7.79. The maximum absolute atomic E-state index is 12.0. The summed E-state index contributed by atoms with van der Waals surface area (Å²) >= 11 is 0. The summed E-state index contributed by atoms with van der Waals surface area (Å²) in [5.41, 5.74) is 2.70. The van der Waals surface area contributed by atoms with Crippen LogP contribution in [0.15, 0.2) is 48.5 Å². The highest BCUT2D eigenvalue weighted by Gasteiger charge is 2.21. The van der Waals surface area contributed by atoms with E-state index in [2.05, 4.69) is 0 Å². The Hall–Kier alpha value is -2.62. The number of rotatable bonds is 4. The zero-order valence-electron chi connectivity index (χ0n) is 13.1. The van der Waals surface area contributed by atoms with Gasteiger partial charge in [-0.05, 0) is 42.7 Å². The Morgan fingerprint density at radius 1 is 1.13 bits per heavy atom. The summed E-state index contributed by atoms with van der Waals surface area (Å²) in [4.78, 5) is 25.6. The fourth-order valence-corrected chi connectivity index (χ4v) is 2.71. The molecule has 1 heterocycles. The molecule has 118 valence electrons. The lowest BCUT2D eigenvalue weighted by Gasteiger charge is -2.15. The van der Waals surface area contributed by atoms with Crippen LogP contribution in [0.4, 0.5) is 5.69 Å². The van der Waals surface area contributed by atoms with Crippen molar-refractivity contribution >= 4 is 17.6 Å². The van der Waals surface area contributed by atoms with E-state index in [0.717, 1.165) is 29.8 Å². The van der Waals surface area contributed by atoms with Gasteiger partial charge in [-0.2, -0.15) is 0 Å². The molecule has 1 aliphatic heterocycles. The number of amides is 1. The molecule has 0 N–H and O–H groups in total. The molecule has 1 aliphatic rings. The molecule has 2 aromatic rings. The lowest BCUT2D eigenvalue weighted by molar-refractivity contribution is -0.133. The van der Waals surface area contributed by atoms with Crippen LogP contribution in [0, 0.1) is 6.92 Å². The number of hydrogen-bond acceptors (Lipinski definition) is 3. The van der Waals surface area contributed by atoms with Crippen molar-refractivity contribution in [3.8, 4) is 5.75 Å². The minimum Gasteiger partial charge on any atom is -0.426 e. The van der Waals surface area contributed by atoms with Gasteiger partial charge < -0.3 is 9.64 Å². The average molecular weight is 309 g/mol. The predicted octanol–water partition coefficient (Wildman–Crippen LogP) is 3.27. The van der Waals surface area contributed by atoms with E-state index in [9.17, 15) is 9.59 Å². The molecule has 0 unspecified atom stereocenters. The second kappa shape index (κ2) is 6.65. The van der Waals surface area contributed by atoms with Crippen LogP contribution >= 0.6 is 0 Å². The molecule has 0 aliphatic carbocycles. The summed E-state index contributed by atoms with van der Waals surface area (Å²) in [7, 11) is 0. The van der Waals surface area contributed by atoms with Gasteiger partial charge in [0.1, 0.15) is 5.75 Å². The van der Waals surface area contributed by atoms with Gasteiger partial charge in [0.15, 0.2) is 0 Å². The summed E-state index contributed by atoms with van der Waals surface area (Å²) in [6, 6.07) is 15.0. The zero-order chi connectivity index (χ0) is 16.2. The zero-order valence-corrected chi connectivity index (χ0v) is 13.1. The van der Waals surface area contributed by atoms with E-state index in [4.69, 9.17) is 4.74 Å². The van der Waals surface area contributed by atoms with Gasteiger partial charge >= 0.3 is 5.97 Å². The van der Waals surface area contributed by atoms with E-state index < -0.39 is 0 Å². The molecule has 1 fully saturated rings. The van der Waals surface area contributed by atoms with Crippen molar-refractivity contribution in [1.29, 1.82) is 0 Å². The van der Waals surface area contributed by atoms with Gasteiger partial charge in [0.2, 0.25) is 5.91 Å². The molecule has 4 heteroatoms. The fourth-order valence-electron chi connectivity index (χ4n) is 2.71. The van der Waals surface area contributed by atoms with Crippen molar-refractivity contribution in [1.82, 2.24) is 0 Å². The second-order valence-electron chi connectivity index (χ2n) is 5.73. The molecular formula is C19H19NO3. The Morgan fingerprint density at radius 3 is 2.52 bits per heavy atom. The SMILES string of the molecule is Cc1ccccc1OC(=O)Cc1ccc(N2CCCC2=O)cc1. The van der Waals surface area contributed by atoms with Crippen LogP contribution in [0.5, 0.6) is 5.75 Å². The number of ether oxygens (including phenoxy) is 1. The lowest BCUT2D eigenvalue weighted by atomic mass is 10.1. The molecule has 1 saturated heterocycles. The van der Waals surface area contributed by atoms with Crippen molar-refractivity contribution in [2.24, 2.45) is 0 Å². The van der Waals surface area contributed by atoms with Crippen LogP contribution < -0.4 is 9.64 Å². The Morgan fingerprint density at radius 2 is 1.87 bits per heavy atom. The largest absolute Gasteiger partial charge is 0.426 e. The van der Waals surface area contributed by atoms with Crippen LogP contribution in [-0.2, 0) is 16.0 Å². The summed E-state index contributed by atoms with van der Waals surface area (Å²) in [6.45, 7) is 2.68. The van der Waals surface area contributed by atoms with E-state index >= 15 is 0 Å². The molecule has 0 bridgehead atoms. The first-order chi connectivity index (χ1) is 11.1. The molecule has 23 heavy (non-hydrogen) atoms. The van der Waals surface area contributed by atoms with Gasteiger partial charge in [-0.25, -0.2) is 0 Å². The summed E-state index contributed by atoms with van der Waals surface area (Å²) in [6.07, 6.45) is 1.73. The molecule has 0 atom stereocenters. The van der Waals surface area contributed by atoms with Crippen molar-refractivity contribution in [2.75, 3.05) is 11.4 Å². The number of anilines is 1. The maximum atomic E-state index is 12.0. The van der Waals surface area contributed by atoms with E-state index in [1.165, 1.54) is 0 Å². The summed E-state index contributed by atoms with van der Waals surface area (Å²) < 4.78 is 5.39. The van der Waals surface area contributed by atoms with Crippen LogP contribution in [-0.4, -0.2) is 18.4 Å². The van der Waals surface area contributed by atoms with Crippen molar-refractivity contribution < 1.29 is 14.3 Å². The summed E-state index contributed by atoms with van der Waals surface area (Å²) in [5.74, 6) is 0.470. The number of para-hydroxylation sites is 1. The minimum absolute atomic E-state index is 0.164. The van der Waals surface area contributed by atoms with Gasteiger partial charge in [0, 0.05) is 18.7 Å². The third kappa shape index (κ3) is 3.59. The van der Waals surface area contributed by atoms with Crippen molar-refractivity contribution in [3.63, 3.8) is 0 Å².